The molecular formula is C26H30FN7O3. The predicted molar refractivity (Wildman–Crippen MR) is 137 cm³/mol. The number of nitrogens with zero attached hydrogens (tertiary/aromatic N) is 6. The Kier molecular flexibility index (Phi) is 7.15. The number of tetrazole rings is 1. The van der Waals surface area contributed by atoms with Crippen LogP contribution in [0.5, 0.6) is 11.5 Å². The third-order valence-electron chi connectivity index (χ3n) is 6.94. The van der Waals surface area contributed by atoms with Crippen molar-refractivity contribution in [2.24, 2.45) is 0 Å². The van der Waals surface area contributed by atoms with Crippen LogP contribution in [0.25, 0.3) is 10.9 Å². The van der Waals surface area contributed by atoms with Gasteiger partial charge < -0.3 is 19.4 Å². The molecule has 1 N–H and O–H groups in total. The molecule has 194 valence electrons. The van der Waals surface area contributed by atoms with Gasteiger partial charge in [0.05, 0.1) is 26.3 Å². The number of nitrogens with one attached hydrogen (secondary N) is 1. The molecule has 1 atom stereocenters. The van der Waals surface area contributed by atoms with Crippen LogP contribution < -0.4 is 15.0 Å². The van der Waals surface area contributed by atoms with E-state index in [4.69, 9.17) is 9.47 Å². The van der Waals surface area contributed by atoms with E-state index in [2.05, 4.69) is 37.2 Å². The van der Waals surface area contributed by atoms with Crippen molar-refractivity contribution >= 4 is 10.9 Å². The molecule has 10 nitrogen and oxygen atoms in total. The average molecular weight is 508 g/mol. The van der Waals surface area contributed by atoms with E-state index >= 15 is 0 Å². The van der Waals surface area contributed by atoms with Crippen molar-refractivity contribution < 1.29 is 13.9 Å². The Hall–Kier alpha value is -3.83. The number of fused-ring (bicyclic) bond motifs is 1. The average Bonchev–Trinajstić information content (AvgIpc) is 3.37. The Morgan fingerprint density at radius 2 is 1.73 bits per heavy atom. The molecule has 0 saturated carbocycles. The summed E-state index contributed by atoms with van der Waals surface area (Å²) in [4.78, 5) is 21.1. The zero-order chi connectivity index (χ0) is 25.9. The lowest BCUT2D eigenvalue weighted by Crippen LogP contribution is -2.49. The van der Waals surface area contributed by atoms with Gasteiger partial charge in [0.15, 0.2) is 17.3 Å². The topological polar surface area (TPSA) is 101 Å². The molecule has 2 aromatic carbocycles. The second-order valence-corrected chi connectivity index (χ2v) is 9.04. The lowest BCUT2D eigenvalue weighted by atomic mass is 10.0. The maximum absolute atomic E-state index is 13.5. The Balaban J connectivity index is 1.60. The van der Waals surface area contributed by atoms with Gasteiger partial charge in [-0.25, -0.2) is 9.07 Å². The zero-order valence-corrected chi connectivity index (χ0v) is 21.1. The number of aromatic amines is 1. The van der Waals surface area contributed by atoms with E-state index in [9.17, 15) is 9.18 Å². The first-order valence-electron chi connectivity index (χ1n) is 12.3. The van der Waals surface area contributed by atoms with Gasteiger partial charge in [0.25, 0.3) is 5.56 Å². The van der Waals surface area contributed by atoms with Crippen molar-refractivity contribution in [3.05, 3.63) is 75.6 Å². The minimum atomic E-state index is -0.476. The summed E-state index contributed by atoms with van der Waals surface area (Å²) in [6.07, 6.45) is 0. The number of ether oxygens (including phenoxy) is 2. The quantitative estimate of drug-likeness (QED) is 0.388. The fraction of sp³-hybridized carbons (Fsp3) is 0.385. The fourth-order valence-electron chi connectivity index (χ4n) is 4.87. The first-order chi connectivity index (χ1) is 18.0. The number of halogens is 1. The monoisotopic (exact) mass is 507 g/mol. The number of hydrogen-bond acceptors (Lipinski definition) is 8. The normalized spacial score (nSPS) is 15.7. The van der Waals surface area contributed by atoms with Gasteiger partial charge in [-0.3, -0.25) is 9.69 Å². The van der Waals surface area contributed by atoms with E-state index in [1.54, 1.807) is 37.1 Å². The highest BCUT2D eigenvalue weighted by Crippen LogP contribution is 2.33. The largest absolute Gasteiger partial charge is 0.493 e. The third-order valence-corrected chi connectivity index (χ3v) is 6.94. The van der Waals surface area contributed by atoms with Crippen LogP contribution in [-0.2, 0) is 6.54 Å². The molecule has 11 heteroatoms. The zero-order valence-electron chi connectivity index (χ0n) is 21.1. The highest BCUT2D eigenvalue weighted by Gasteiger charge is 2.32. The summed E-state index contributed by atoms with van der Waals surface area (Å²) in [5.41, 5.74) is 1.82. The van der Waals surface area contributed by atoms with Gasteiger partial charge in [0.2, 0.25) is 0 Å². The van der Waals surface area contributed by atoms with Crippen LogP contribution in [0.4, 0.5) is 4.39 Å². The number of hydrogen-bond donors (Lipinski definition) is 1. The minimum absolute atomic E-state index is 0.223. The molecule has 4 aromatic rings. The van der Waals surface area contributed by atoms with Gasteiger partial charge in [-0.2, -0.15) is 0 Å². The number of H-pyrrole nitrogens is 1. The summed E-state index contributed by atoms with van der Waals surface area (Å²) >= 11 is 0. The summed E-state index contributed by atoms with van der Waals surface area (Å²) in [6.45, 7) is 6.73. The number of methoxy groups -OCH3 is 2. The maximum atomic E-state index is 13.5. The van der Waals surface area contributed by atoms with Crippen LogP contribution in [0.3, 0.4) is 0 Å². The summed E-state index contributed by atoms with van der Waals surface area (Å²) in [6, 6.07) is 11.2. The lowest BCUT2D eigenvalue weighted by molar-refractivity contribution is 0.108. The molecule has 1 aliphatic heterocycles. The van der Waals surface area contributed by atoms with Crippen molar-refractivity contribution in [2.75, 3.05) is 46.9 Å². The number of aromatic nitrogens is 5. The second-order valence-electron chi connectivity index (χ2n) is 9.04. The van der Waals surface area contributed by atoms with Crippen molar-refractivity contribution in [3.63, 3.8) is 0 Å². The van der Waals surface area contributed by atoms with Gasteiger partial charge in [0.1, 0.15) is 11.9 Å². The molecule has 3 heterocycles. The van der Waals surface area contributed by atoms with Crippen molar-refractivity contribution in [1.29, 1.82) is 0 Å². The smallest absolute Gasteiger partial charge is 0.253 e. The lowest BCUT2D eigenvalue weighted by Gasteiger charge is -2.38. The van der Waals surface area contributed by atoms with Gasteiger partial charge in [-0.15, -0.1) is 5.10 Å². The molecule has 37 heavy (non-hydrogen) atoms. The van der Waals surface area contributed by atoms with Gasteiger partial charge in [-0.1, -0.05) is 19.1 Å². The summed E-state index contributed by atoms with van der Waals surface area (Å²) in [5.74, 6) is 1.36. The standard InChI is InChI=1S/C26H30FN7O3/c1-4-32-9-11-33(12-10-32)24(25-29-30-31-34(25)16-17-5-7-19(27)8-6-17)20-13-18-14-22(36-2)23(37-3)15-21(18)28-26(20)35/h5-8,13-15,24H,4,9-12,16H2,1-3H3,(H,28,35)/t24-/m0/s1. The molecule has 0 radical (unpaired) electrons. The first kappa shape index (κ1) is 24.8. The van der Waals surface area contributed by atoms with Crippen LogP contribution in [0.2, 0.25) is 0 Å². The number of rotatable bonds is 8. The fourth-order valence-corrected chi connectivity index (χ4v) is 4.87. The molecular weight excluding hydrogens is 477 g/mol. The second kappa shape index (κ2) is 10.7. The molecule has 1 saturated heterocycles. The van der Waals surface area contributed by atoms with Crippen LogP contribution in [0.15, 0.2) is 47.3 Å². The Morgan fingerprint density at radius 1 is 1.03 bits per heavy atom. The number of likely N-dealkylation sites (N-methyl/N-ethyl adjacent to an activating group) is 1. The van der Waals surface area contributed by atoms with E-state index in [-0.39, 0.29) is 11.4 Å². The summed E-state index contributed by atoms with van der Waals surface area (Å²) in [7, 11) is 3.14. The van der Waals surface area contributed by atoms with E-state index in [1.807, 2.05) is 12.1 Å². The van der Waals surface area contributed by atoms with Crippen LogP contribution in [-0.4, -0.2) is 81.9 Å². The minimum Gasteiger partial charge on any atom is -0.493 e. The summed E-state index contributed by atoms with van der Waals surface area (Å²) < 4.78 is 26.0. The van der Waals surface area contributed by atoms with E-state index < -0.39 is 6.04 Å². The molecule has 1 aliphatic rings. The molecule has 0 aliphatic carbocycles. The molecule has 2 aromatic heterocycles. The highest BCUT2D eigenvalue weighted by atomic mass is 19.1. The van der Waals surface area contributed by atoms with Crippen molar-refractivity contribution in [1.82, 2.24) is 35.0 Å². The van der Waals surface area contributed by atoms with Gasteiger partial charge >= 0.3 is 0 Å². The predicted octanol–water partition coefficient (Wildman–Crippen LogP) is 2.45. The van der Waals surface area contributed by atoms with E-state index in [0.29, 0.717) is 34.9 Å². The van der Waals surface area contributed by atoms with Gasteiger partial charge in [0, 0.05) is 43.2 Å². The van der Waals surface area contributed by atoms with E-state index in [0.717, 1.165) is 43.7 Å². The number of pyridine rings is 1. The SMILES string of the molecule is CCN1CCN([C@@H](c2cc3cc(OC)c(OC)cc3[nH]c2=O)c2nnnn2Cc2ccc(F)cc2)CC1. The Labute approximate surface area is 213 Å². The van der Waals surface area contributed by atoms with Crippen LogP contribution in [0.1, 0.15) is 29.9 Å². The molecule has 0 spiro atoms. The Bertz CT molecular complexity index is 1430. The number of piperazine rings is 1. The molecule has 0 unspecified atom stereocenters. The van der Waals surface area contributed by atoms with Gasteiger partial charge in [-0.05, 0) is 46.8 Å². The maximum Gasteiger partial charge on any atom is 0.253 e. The number of benzene rings is 2. The molecule has 0 amide bonds. The summed E-state index contributed by atoms with van der Waals surface area (Å²) in [5, 5.41) is 13.4. The first-order valence-corrected chi connectivity index (χ1v) is 12.3. The van der Waals surface area contributed by atoms with Crippen LogP contribution >= 0.6 is 0 Å². The molecule has 0 bridgehead atoms. The van der Waals surface area contributed by atoms with Crippen molar-refractivity contribution in [3.8, 4) is 11.5 Å². The highest BCUT2D eigenvalue weighted by molar-refractivity contribution is 5.83. The van der Waals surface area contributed by atoms with E-state index in [1.165, 1.54) is 12.1 Å². The molecule has 5 rings (SSSR count). The van der Waals surface area contributed by atoms with Crippen LogP contribution in [0, 0.1) is 5.82 Å². The molecule has 1 fully saturated rings. The Morgan fingerprint density at radius 3 is 2.41 bits per heavy atom. The third kappa shape index (κ3) is 5.05. The van der Waals surface area contributed by atoms with Crippen molar-refractivity contribution in [2.45, 2.75) is 19.5 Å².